The van der Waals surface area contributed by atoms with Crippen LogP contribution in [0.4, 0.5) is 0 Å². The Kier molecular flexibility index (Phi) is 48.6. The summed E-state index contributed by atoms with van der Waals surface area (Å²) in [5.41, 5.74) is 1.07. The van der Waals surface area contributed by atoms with Gasteiger partial charge in [0, 0.05) is 46.6 Å². The molecule has 2 aromatic carbocycles. The van der Waals surface area contributed by atoms with Crippen LogP contribution in [0.2, 0.25) is 0 Å². The van der Waals surface area contributed by atoms with Gasteiger partial charge in [-0.15, -0.1) is 23.5 Å². The Balaban J connectivity index is 1.41. The second-order valence-electron chi connectivity index (χ2n) is 15.3. The molecule has 21 nitrogen and oxygen atoms in total. The van der Waals surface area contributed by atoms with E-state index < -0.39 is 5.79 Å². The van der Waals surface area contributed by atoms with Crippen molar-refractivity contribution in [3.8, 4) is 0 Å². The molecule has 0 saturated carbocycles. The Labute approximate surface area is 453 Å². The van der Waals surface area contributed by atoms with E-state index in [1.807, 2.05) is 36.4 Å². The zero-order valence-electron chi connectivity index (χ0n) is 44.5. The quantitative estimate of drug-likeness (QED) is 0.0419. The molecule has 0 aliphatic rings. The van der Waals surface area contributed by atoms with E-state index in [2.05, 4.69) is 0 Å². The number of thioether (sulfide) groups is 2. The number of carbonyl (C=O) groups is 1. The van der Waals surface area contributed by atoms with E-state index in [-0.39, 0.29) is 19.0 Å². The van der Waals surface area contributed by atoms with Crippen molar-refractivity contribution in [2.24, 2.45) is 0 Å². The van der Waals surface area contributed by atoms with Crippen molar-refractivity contribution in [2.45, 2.75) is 15.6 Å². The van der Waals surface area contributed by atoms with Crippen molar-refractivity contribution in [1.29, 1.82) is 0 Å². The monoisotopic (exact) mass is 1110 g/mol. The molecule has 0 amide bonds. The summed E-state index contributed by atoms with van der Waals surface area (Å²) in [5, 5.41) is 17.3. The normalized spacial score (nSPS) is 11.8. The van der Waals surface area contributed by atoms with Crippen molar-refractivity contribution in [2.75, 3.05) is 250 Å². The third-order valence-corrected chi connectivity index (χ3v) is 11.8. The molecule has 0 bridgehead atoms. The molecule has 0 heterocycles. The molecule has 2 N–H and O–H groups in total. The van der Waals surface area contributed by atoms with Crippen LogP contribution in [0.1, 0.15) is 15.9 Å². The summed E-state index contributed by atoms with van der Waals surface area (Å²) in [5.74, 6) is -0.396. The molecule has 0 spiro atoms. The Morgan fingerprint density at radius 2 is 0.547 bits per heavy atom. The van der Waals surface area contributed by atoms with Crippen molar-refractivity contribution >= 4 is 29.3 Å². The number of hydrogen-bond acceptors (Lipinski definition) is 23. The summed E-state index contributed by atoms with van der Waals surface area (Å²) in [6.07, 6.45) is 0. The van der Waals surface area contributed by atoms with Gasteiger partial charge in [0.25, 0.3) is 5.79 Å². The molecule has 0 atom stereocenters. The van der Waals surface area contributed by atoms with Crippen LogP contribution < -0.4 is 0 Å². The lowest BCUT2D eigenvalue weighted by atomic mass is 9.96. The topological polar surface area (TPSA) is 224 Å². The van der Waals surface area contributed by atoms with Crippen LogP contribution >= 0.6 is 23.5 Å². The number of Topliss-reactive ketones (excluding diaryl/α,β-unsaturated/α-hetero) is 1. The number of benzene rings is 2. The molecular weight excluding hydrogens is 1020 g/mol. The fourth-order valence-corrected chi connectivity index (χ4v) is 7.68. The van der Waals surface area contributed by atoms with E-state index in [1.165, 1.54) is 14.2 Å². The van der Waals surface area contributed by atoms with Gasteiger partial charge in [0.05, 0.1) is 225 Å². The van der Waals surface area contributed by atoms with Gasteiger partial charge in [-0.2, -0.15) is 0 Å². The fourth-order valence-electron chi connectivity index (χ4n) is 6.15. The van der Waals surface area contributed by atoms with Crippen LogP contribution in [0.5, 0.6) is 0 Å². The fraction of sp³-hybridized carbons (Fsp3) is 0.750. The molecule has 0 radical (unpaired) electrons. The minimum Gasteiger partial charge on any atom is -0.394 e. The highest BCUT2D eigenvalue weighted by atomic mass is 32.2. The zero-order valence-corrected chi connectivity index (χ0v) is 46.2. The predicted octanol–water partition coefficient (Wildman–Crippen LogP) is 3.45. The summed E-state index contributed by atoms with van der Waals surface area (Å²) < 4.78 is 99.0. The molecule has 0 fully saturated rings. The summed E-state index contributed by atoms with van der Waals surface area (Å²) in [6.45, 7) is 15.2. The van der Waals surface area contributed by atoms with E-state index in [0.29, 0.717) is 223 Å². The molecule has 2 aromatic rings. The van der Waals surface area contributed by atoms with Crippen molar-refractivity contribution in [3.05, 3.63) is 59.7 Å². The Morgan fingerprint density at radius 1 is 0.333 bits per heavy atom. The second kappa shape index (κ2) is 52.7. The molecule has 75 heavy (non-hydrogen) atoms. The van der Waals surface area contributed by atoms with Gasteiger partial charge in [-0.25, -0.2) is 0 Å². The highest BCUT2D eigenvalue weighted by molar-refractivity contribution is 7.99. The van der Waals surface area contributed by atoms with Gasteiger partial charge in [-0.1, -0.05) is 24.3 Å². The number of ether oxygens (including phenoxy) is 18. The number of rotatable bonds is 59. The van der Waals surface area contributed by atoms with Crippen LogP contribution in [0.25, 0.3) is 0 Å². The first-order valence-corrected chi connectivity index (χ1v) is 27.6. The van der Waals surface area contributed by atoms with Gasteiger partial charge in [0.2, 0.25) is 5.78 Å². The number of methoxy groups -OCH3 is 2. The third kappa shape index (κ3) is 38.3. The summed E-state index contributed by atoms with van der Waals surface area (Å²) in [6, 6.07) is 15.0. The highest BCUT2D eigenvalue weighted by Crippen LogP contribution is 2.33. The highest BCUT2D eigenvalue weighted by Gasteiger charge is 2.41. The first-order chi connectivity index (χ1) is 37.1. The van der Waals surface area contributed by atoms with Crippen molar-refractivity contribution < 1.29 is 100 Å². The number of aliphatic hydroxyl groups is 2. The molecule has 0 aliphatic heterocycles. The molecule has 0 aromatic heterocycles. The second-order valence-corrected chi connectivity index (χ2v) is 17.7. The van der Waals surface area contributed by atoms with E-state index in [4.69, 9.17) is 95.5 Å². The molecule has 23 heteroatoms. The van der Waals surface area contributed by atoms with Crippen LogP contribution in [-0.2, 0) is 91.1 Å². The van der Waals surface area contributed by atoms with Gasteiger partial charge >= 0.3 is 0 Å². The molecule has 434 valence electrons. The van der Waals surface area contributed by atoms with Crippen LogP contribution in [-0.4, -0.2) is 266 Å². The lowest BCUT2D eigenvalue weighted by Crippen LogP contribution is -2.40. The maximum atomic E-state index is 13.8. The van der Waals surface area contributed by atoms with Crippen molar-refractivity contribution in [1.82, 2.24) is 0 Å². The molecule has 0 unspecified atom stereocenters. The minimum atomic E-state index is -1.59. The summed E-state index contributed by atoms with van der Waals surface area (Å²) in [4.78, 5) is 15.9. The third-order valence-electron chi connectivity index (χ3n) is 9.90. The van der Waals surface area contributed by atoms with Crippen LogP contribution in [0.3, 0.4) is 0 Å². The standard InChI is InChI=1S/C52H88O21S2/c1-56-52(57-2,48-5-9-50(10-6-48)75-46-44-73-42-40-71-38-36-69-34-32-67-30-28-65-26-24-63-22-20-61-18-16-59-14-12-54)51(55)47-3-7-49(8-4-47)74-45-43-72-41-39-70-37-35-68-33-31-66-29-27-64-25-23-62-21-19-60-17-15-58-13-11-53/h3-10,53-54H,11-46H2,1-2H3. The van der Waals surface area contributed by atoms with Gasteiger partial charge in [0.1, 0.15) is 0 Å². The van der Waals surface area contributed by atoms with Crippen LogP contribution in [0, 0.1) is 0 Å². The molecule has 0 saturated heterocycles. The molecule has 0 aliphatic carbocycles. The average molecular weight is 1110 g/mol. The maximum absolute atomic E-state index is 13.8. The van der Waals surface area contributed by atoms with Crippen molar-refractivity contribution in [3.63, 3.8) is 0 Å². The van der Waals surface area contributed by atoms with E-state index in [9.17, 15) is 4.79 Å². The lowest BCUT2D eigenvalue weighted by Gasteiger charge is -2.30. The van der Waals surface area contributed by atoms with Gasteiger partial charge in [-0.3, -0.25) is 4.79 Å². The Morgan fingerprint density at radius 3 is 0.773 bits per heavy atom. The molecular formula is C52H88O21S2. The van der Waals surface area contributed by atoms with E-state index in [0.717, 1.165) is 21.3 Å². The van der Waals surface area contributed by atoms with Gasteiger partial charge in [0.15, 0.2) is 0 Å². The Bertz CT molecular complexity index is 1520. The average Bonchev–Trinajstić information content (AvgIpc) is 3.43. The SMILES string of the molecule is COC(OC)(C(=O)c1ccc(SCCOCCOCCOCCOCCOCCOCCOCCOCCO)cc1)c1ccc(SCCOCCOCCOCCOCCOCCOCCOCCOCCO)cc1. The van der Waals surface area contributed by atoms with E-state index >= 15 is 0 Å². The number of aliphatic hydroxyl groups excluding tert-OH is 2. The molecule has 2 rings (SSSR count). The summed E-state index contributed by atoms with van der Waals surface area (Å²) in [7, 11) is 2.94. The van der Waals surface area contributed by atoms with Crippen LogP contribution in [0.15, 0.2) is 58.3 Å². The van der Waals surface area contributed by atoms with E-state index in [1.54, 1.807) is 35.7 Å². The van der Waals surface area contributed by atoms with Gasteiger partial charge in [-0.05, 0) is 24.3 Å². The predicted molar refractivity (Wildman–Crippen MR) is 282 cm³/mol. The number of carbonyl (C=O) groups excluding carboxylic acids is 1. The minimum absolute atomic E-state index is 0.0136. The first-order valence-electron chi connectivity index (χ1n) is 25.7. The maximum Gasteiger partial charge on any atom is 0.260 e. The largest absolute Gasteiger partial charge is 0.394 e. The number of hydrogen-bond donors (Lipinski definition) is 2. The first kappa shape index (κ1) is 69.1. The summed E-state index contributed by atoms with van der Waals surface area (Å²) >= 11 is 3.29. The number of ketones is 1. The lowest BCUT2D eigenvalue weighted by molar-refractivity contribution is -0.176. The Hall–Kier alpha value is -1.99. The van der Waals surface area contributed by atoms with Gasteiger partial charge < -0.3 is 95.5 Å². The smallest absolute Gasteiger partial charge is 0.260 e. The zero-order chi connectivity index (χ0) is 53.6.